The van der Waals surface area contributed by atoms with Crippen LogP contribution in [-0.4, -0.2) is 29.1 Å². The second-order valence-electron chi connectivity index (χ2n) is 29.0. The Labute approximate surface area is 636 Å². The van der Waals surface area contributed by atoms with Crippen molar-refractivity contribution < 1.29 is 4.42 Å². The largest absolute Gasteiger partial charge is 0.436 e. The monoisotopic (exact) mass is 1420 g/mol. The van der Waals surface area contributed by atoms with Crippen molar-refractivity contribution >= 4 is 119 Å². The second kappa shape index (κ2) is 24.2. The summed E-state index contributed by atoms with van der Waals surface area (Å²) in [6, 6.07) is 136. The van der Waals surface area contributed by atoms with Gasteiger partial charge in [-0.15, -0.1) is 11.3 Å². The summed E-state index contributed by atoms with van der Waals surface area (Å²) in [6.07, 6.45) is 0. The summed E-state index contributed by atoms with van der Waals surface area (Å²) in [5, 5.41) is 11.6. The molecule has 22 aromatic rings. The van der Waals surface area contributed by atoms with Gasteiger partial charge in [0.25, 0.3) is 0 Å². The molecule has 24 rings (SSSR count). The van der Waals surface area contributed by atoms with E-state index >= 15 is 0 Å². The molecule has 16 aromatic carbocycles. The number of furan rings is 1. The molecule has 2 aliphatic rings. The third kappa shape index (κ3) is 8.99. The average molecular weight is 1420 g/mol. The van der Waals surface area contributed by atoms with E-state index in [9.17, 15) is 0 Å². The highest BCUT2D eigenvalue weighted by atomic mass is 32.1. The first-order valence-electron chi connectivity index (χ1n) is 37.5. The molecule has 512 valence electrons. The van der Waals surface area contributed by atoms with Gasteiger partial charge in [0, 0.05) is 48.1 Å². The van der Waals surface area contributed by atoms with E-state index < -0.39 is 10.8 Å². The van der Waals surface area contributed by atoms with Crippen LogP contribution in [0.2, 0.25) is 0 Å². The number of fused-ring (bicyclic) bond motifs is 20. The van der Waals surface area contributed by atoms with Crippen molar-refractivity contribution in [2.24, 2.45) is 0 Å². The van der Waals surface area contributed by atoms with Gasteiger partial charge in [0.1, 0.15) is 32.8 Å². The van der Waals surface area contributed by atoms with Crippen molar-refractivity contribution in [1.82, 2.24) is 29.1 Å². The summed E-state index contributed by atoms with van der Waals surface area (Å²) in [6.45, 7) is 0. The lowest BCUT2D eigenvalue weighted by atomic mass is 9.67. The zero-order valence-electron chi connectivity index (χ0n) is 59.3. The Morgan fingerprint density at radius 3 is 1.15 bits per heavy atom. The fourth-order valence-electron chi connectivity index (χ4n) is 18.7. The topological polar surface area (TPSA) is 74.6 Å². The lowest BCUT2D eigenvalue weighted by Gasteiger charge is -2.33. The number of aromatic nitrogens is 6. The van der Waals surface area contributed by atoms with E-state index in [1.165, 1.54) is 115 Å². The zero-order valence-corrected chi connectivity index (χ0v) is 60.1. The molecule has 0 atom stereocenters. The molecule has 0 fully saturated rings. The quantitative estimate of drug-likeness (QED) is 0.152. The maximum absolute atomic E-state index is 6.43. The summed E-state index contributed by atoms with van der Waals surface area (Å²) in [7, 11) is 0. The molecule has 0 radical (unpaired) electrons. The SMILES string of the molecule is c1ccc(C2(c3ccccc3)c3ccccc3-c3cc(-c4nc5oc6ccccc6c5nc4-n4c5ccccc5c5cc6ccccc6cc54)ccc32)cc1.c1ccc(C2(c3ccccc3)c3ccccc3-c3cc(-c4nc5sc6ccccc6c5nc4-n4c5ccccc5c5cc6ccccc6cc54)ccc32)cc1. The van der Waals surface area contributed by atoms with Crippen molar-refractivity contribution in [3.63, 3.8) is 0 Å². The van der Waals surface area contributed by atoms with Crippen molar-refractivity contribution in [3.05, 3.63) is 421 Å². The third-order valence-corrected chi connectivity index (χ3v) is 24.4. The number of hydrogen-bond acceptors (Lipinski definition) is 6. The van der Waals surface area contributed by atoms with Crippen LogP contribution in [0.3, 0.4) is 0 Å². The molecular weight excluding hydrogens is 1360 g/mol. The van der Waals surface area contributed by atoms with E-state index in [4.69, 9.17) is 24.4 Å². The fourth-order valence-corrected chi connectivity index (χ4v) is 19.7. The number of nitrogens with zero attached hydrogens (tertiary/aromatic N) is 6. The zero-order chi connectivity index (χ0) is 72.2. The molecule has 8 heteroatoms. The average Bonchev–Trinajstić information content (AvgIpc) is 1.54. The molecule has 6 aromatic heterocycles. The normalized spacial score (nSPS) is 13.2. The summed E-state index contributed by atoms with van der Waals surface area (Å²) >= 11 is 1.71. The molecule has 0 aliphatic heterocycles. The Morgan fingerprint density at radius 2 is 0.645 bits per heavy atom. The van der Waals surface area contributed by atoms with Crippen molar-refractivity contribution in [2.45, 2.75) is 10.8 Å². The number of benzene rings is 16. The Hall–Kier alpha value is -14.2. The van der Waals surface area contributed by atoms with Crippen molar-refractivity contribution in [2.75, 3.05) is 0 Å². The van der Waals surface area contributed by atoms with E-state index in [1.54, 1.807) is 11.3 Å². The Morgan fingerprint density at radius 1 is 0.264 bits per heavy atom. The molecule has 6 heterocycles. The highest BCUT2D eigenvalue weighted by molar-refractivity contribution is 7.25. The summed E-state index contributed by atoms with van der Waals surface area (Å²) in [5.41, 5.74) is 25.0. The van der Waals surface area contributed by atoms with E-state index in [0.29, 0.717) is 5.71 Å². The van der Waals surface area contributed by atoms with Gasteiger partial charge in [0.05, 0.1) is 32.9 Å². The van der Waals surface area contributed by atoms with E-state index in [0.717, 1.165) is 88.4 Å². The maximum Gasteiger partial charge on any atom is 0.247 e. The van der Waals surface area contributed by atoms with Crippen LogP contribution in [0.5, 0.6) is 0 Å². The third-order valence-electron chi connectivity index (χ3n) is 23.4. The van der Waals surface area contributed by atoms with Crippen LogP contribution < -0.4 is 0 Å². The predicted molar refractivity (Wildman–Crippen MR) is 453 cm³/mol. The van der Waals surface area contributed by atoms with Gasteiger partial charge in [-0.1, -0.05) is 309 Å². The number of para-hydroxylation sites is 3. The first-order valence-corrected chi connectivity index (χ1v) is 38.3. The minimum Gasteiger partial charge on any atom is -0.436 e. The lowest BCUT2D eigenvalue weighted by Crippen LogP contribution is -2.28. The molecule has 0 saturated carbocycles. The minimum absolute atomic E-state index is 0.467. The van der Waals surface area contributed by atoms with Crippen LogP contribution in [-0.2, 0) is 10.8 Å². The molecule has 0 amide bonds. The summed E-state index contributed by atoms with van der Waals surface area (Å²) in [4.78, 5) is 23.1. The first-order chi connectivity index (χ1) is 54.5. The van der Waals surface area contributed by atoms with Crippen molar-refractivity contribution in [3.8, 4) is 56.4 Å². The van der Waals surface area contributed by atoms with Gasteiger partial charge >= 0.3 is 0 Å². The Balaban J connectivity index is 0.000000132. The van der Waals surface area contributed by atoms with Gasteiger partial charge in [-0.25, -0.2) is 19.9 Å². The van der Waals surface area contributed by atoms with Crippen LogP contribution in [0.4, 0.5) is 0 Å². The molecule has 110 heavy (non-hydrogen) atoms. The molecule has 0 saturated heterocycles. The van der Waals surface area contributed by atoms with Gasteiger partial charge in [-0.2, -0.15) is 0 Å². The Kier molecular flexibility index (Phi) is 13.6. The Bertz CT molecular complexity index is 7020. The molecule has 7 nitrogen and oxygen atoms in total. The van der Waals surface area contributed by atoms with Gasteiger partial charge in [-0.3, -0.25) is 9.13 Å². The molecule has 0 bridgehead atoms. The molecule has 0 spiro atoms. The second-order valence-corrected chi connectivity index (χ2v) is 30.0. The van der Waals surface area contributed by atoms with Gasteiger partial charge < -0.3 is 4.42 Å². The summed E-state index contributed by atoms with van der Waals surface area (Å²) < 4.78 is 12.3. The van der Waals surface area contributed by atoms with Crippen LogP contribution >= 0.6 is 11.3 Å². The van der Waals surface area contributed by atoms with E-state index in [-0.39, 0.29) is 0 Å². The number of rotatable bonds is 8. The van der Waals surface area contributed by atoms with E-state index in [1.807, 2.05) is 18.2 Å². The molecule has 0 unspecified atom stereocenters. The highest BCUT2D eigenvalue weighted by Crippen LogP contribution is 2.59. The van der Waals surface area contributed by atoms with Crippen LogP contribution in [0.1, 0.15) is 44.5 Å². The first kappa shape index (κ1) is 62.1. The smallest absolute Gasteiger partial charge is 0.247 e. The standard InChI is InChI=1S/C51H31N3O.C51H31N3S/c2*1-3-17-35(18-4-1)51(36-19-5-2-6-20-36)42-24-12-9-21-37(42)40-30-34(27-28-43(40)51)47-49(52-48-39-23-11-14-26-46(39)55-50(48)53-47)54-44-25-13-10-22-38(44)41-29-32-15-7-8-16-33(32)31-45(41)54/h2*1-31H. The van der Waals surface area contributed by atoms with Crippen LogP contribution in [0, 0.1) is 0 Å². The minimum atomic E-state index is -0.488. The predicted octanol–water partition coefficient (Wildman–Crippen LogP) is 25.8. The van der Waals surface area contributed by atoms with Crippen LogP contribution in [0.25, 0.3) is 164 Å². The fraction of sp³-hybridized carbons (Fsp3) is 0.0196. The number of thiophene rings is 1. The van der Waals surface area contributed by atoms with Crippen LogP contribution in [0.15, 0.2) is 381 Å². The molecule has 0 N–H and O–H groups in total. The van der Waals surface area contributed by atoms with Crippen molar-refractivity contribution in [1.29, 1.82) is 0 Å². The maximum atomic E-state index is 6.43. The van der Waals surface area contributed by atoms with Gasteiger partial charge in [0.15, 0.2) is 11.6 Å². The van der Waals surface area contributed by atoms with Gasteiger partial charge in [0.2, 0.25) is 5.71 Å². The summed E-state index contributed by atoms with van der Waals surface area (Å²) in [5.74, 6) is 1.60. The number of hydrogen-bond donors (Lipinski definition) is 0. The van der Waals surface area contributed by atoms with Gasteiger partial charge in [-0.05, 0) is 155 Å². The highest BCUT2D eigenvalue weighted by Gasteiger charge is 2.48. The lowest BCUT2D eigenvalue weighted by molar-refractivity contribution is 0.653. The molecular formula is C102H62N6OS. The molecule has 2 aliphatic carbocycles. The van der Waals surface area contributed by atoms with E-state index in [2.05, 4.69) is 367 Å².